The fourth-order valence-electron chi connectivity index (χ4n) is 2.05. The summed E-state index contributed by atoms with van der Waals surface area (Å²) in [7, 11) is 0. The van der Waals surface area contributed by atoms with Crippen molar-refractivity contribution >= 4 is 5.82 Å². The van der Waals surface area contributed by atoms with Crippen molar-refractivity contribution in [2.75, 3.05) is 12.0 Å². The number of hydrazine groups is 1. The second kappa shape index (κ2) is 4.87. The third-order valence-electron chi connectivity index (χ3n) is 2.96. The Kier molecular flexibility index (Phi) is 3.06. The highest BCUT2D eigenvalue weighted by Gasteiger charge is 2.18. The van der Waals surface area contributed by atoms with Gasteiger partial charge >= 0.3 is 0 Å². The van der Waals surface area contributed by atoms with Crippen LogP contribution in [0.1, 0.15) is 17.1 Å². The fraction of sp³-hybridized carbons (Fsp3) is 0.333. The number of hydrogen-bond acceptors (Lipinski definition) is 7. The fourth-order valence-corrected chi connectivity index (χ4v) is 2.05. The van der Waals surface area contributed by atoms with Gasteiger partial charge in [0.25, 0.3) is 0 Å². The van der Waals surface area contributed by atoms with Gasteiger partial charge in [0.2, 0.25) is 0 Å². The lowest BCUT2D eigenvalue weighted by Crippen LogP contribution is -2.19. The van der Waals surface area contributed by atoms with Crippen molar-refractivity contribution in [2.24, 2.45) is 5.84 Å². The Morgan fingerprint density at radius 1 is 1.32 bits per heavy atom. The largest absolute Gasteiger partial charge is 0.376 e. The molecule has 0 saturated carbocycles. The quantitative estimate of drug-likeness (QED) is 0.601. The molecule has 3 rings (SSSR count). The zero-order chi connectivity index (χ0) is 13.2. The molecule has 0 atom stereocenters. The Balaban J connectivity index is 2.12. The number of rotatable bonds is 2. The molecule has 0 fully saturated rings. The number of anilines is 1. The summed E-state index contributed by atoms with van der Waals surface area (Å²) in [5, 5.41) is 0. The van der Waals surface area contributed by atoms with Gasteiger partial charge in [0.15, 0.2) is 5.82 Å². The summed E-state index contributed by atoms with van der Waals surface area (Å²) < 4.78 is 5.40. The standard InChI is InChI=1S/C12H14N6O/c1-7-14-4-2-10(15-7)12-16-9-3-5-19-6-8(9)11(17-12)18-13/h2,4H,3,5-6,13H2,1H3,(H,16,17,18). The molecule has 19 heavy (non-hydrogen) atoms. The highest BCUT2D eigenvalue weighted by molar-refractivity contribution is 5.56. The maximum atomic E-state index is 5.52. The number of nitrogens with one attached hydrogen (secondary N) is 1. The number of aromatic nitrogens is 4. The van der Waals surface area contributed by atoms with E-state index >= 15 is 0 Å². The lowest BCUT2D eigenvalue weighted by Gasteiger charge is -2.18. The topological polar surface area (TPSA) is 98.8 Å². The van der Waals surface area contributed by atoms with E-state index in [4.69, 9.17) is 10.6 Å². The van der Waals surface area contributed by atoms with E-state index in [0.29, 0.717) is 36.4 Å². The van der Waals surface area contributed by atoms with Crippen molar-refractivity contribution in [3.05, 3.63) is 29.3 Å². The summed E-state index contributed by atoms with van der Waals surface area (Å²) in [5.74, 6) is 7.36. The lowest BCUT2D eigenvalue weighted by atomic mass is 10.1. The molecular formula is C12H14N6O. The molecule has 3 heterocycles. The minimum atomic E-state index is 0.484. The predicted molar refractivity (Wildman–Crippen MR) is 69.0 cm³/mol. The summed E-state index contributed by atoms with van der Waals surface area (Å²) in [5.41, 5.74) is 5.18. The molecule has 7 heteroatoms. The van der Waals surface area contributed by atoms with E-state index in [2.05, 4.69) is 25.4 Å². The van der Waals surface area contributed by atoms with Gasteiger partial charge < -0.3 is 10.2 Å². The molecule has 1 aliphatic heterocycles. The van der Waals surface area contributed by atoms with Crippen molar-refractivity contribution in [2.45, 2.75) is 20.0 Å². The van der Waals surface area contributed by atoms with Crippen LogP contribution in [0.3, 0.4) is 0 Å². The van der Waals surface area contributed by atoms with Crippen LogP contribution in [0.4, 0.5) is 5.82 Å². The molecular weight excluding hydrogens is 244 g/mol. The van der Waals surface area contributed by atoms with Crippen LogP contribution in [0.15, 0.2) is 12.3 Å². The predicted octanol–water partition coefficient (Wildman–Crippen LogP) is 0.600. The third kappa shape index (κ3) is 2.25. The minimum absolute atomic E-state index is 0.484. The van der Waals surface area contributed by atoms with Gasteiger partial charge in [-0.25, -0.2) is 25.8 Å². The molecule has 1 aliphatic rings. The van der Waals surface area contributed by atoms with Crippen LogP contribution in [0.2, 0.25) is 0 Å². The summed E-state index contributed by atoms with van der Waals surface area (Å²) in [6.45, 7) is 2.98. The molecule has 0 unspecified atom stereocenters. The second-order valence-electron chi connectivity index (χ2n) is 4.26. The maximum Gasteiger partial charge on any atom is 0.180 e. The van der Waals surface area contributed by atoms with Crippen molar-refractivity contribution in [3.8, 4) is 11.5 Å². The van der Waals surface area contributed by atoms with Crippen LogP contribution in [-0.4, -0.2) is 26.5 Å². The van der Waals surface area contributed by atoms with Crippen LogP contribution in [0, 0.1) is 6.92 Å². The van der Waals surface area contributed by atoms with E-state index in [0.717, 1.165) is 17.7 Å². The Labute approximate surface area is 110 Å². The molecule has 0 saturated heterocycles. The Bertz CT molecular complexity index is 598. The van der Waals surface area contributed by atoms with Gasteiger partial charge in [0.1, 0.15) is 17.3 Å². The lowest BCUT2D eigenvalue weighted by molar-refractivity contribution is 0.109. The van der Waals surface area contributed by atoms with Crippen molar-refractivity contribution in [3.63, 3.8) is 0 Å². The summed E-state index contributed by atoms with van der Waals surface area (Å²) in [6.07, 6.45) is 2.45. The Hall–Kier alpha value is -2.12. The van der Waals surface area contributed by atoms with E-state index in [1.54, 1.807) is 12.3 Å². The molecule has 0 radical (unpaired) electrons. The second-order valence-corrected chi connectivity index (χ2v) is 4.26. The van der Waals surface area contributed by atoms with Crippen LogP contribution in [0.25, 0.3) is 11.5 Å². The maximum absolute atomic E-state index is 5.52. The van der Waals surface area contributed by atoms with Crippen molar-refractivity contribution < 1.29 is 4.74 Å². The van der Waals surface area contributed by atoms with E-state index in [-0.39, 0.29) is 0 Å². The first kappa shape index (κ1) is 11.9. The molecule has 0 amide bonds. The summed E-state index contributed by atoms with van der Waals surface area (Å²) in [4.78, 5) is 17.4. The van der Waals surface area contributed by atoms with Crippen LogP contribution >= 0.6 is 0 Å². The van der Waals surface area contributed by atoms with Gasteiger partial charge in [0.05, 0.1) is 18.9 Å². The molecule has 0 spiro atoms. The number of nitrogen functional groups attached to an aromatic ring is 1. The van der Waals surface area contributed by atoms with E-state index in [1.165, 1.54) is 0 Å². The van der Waals surface area contributed by atoms with Gasteiger partial charge in [-0.05, 0) is 13.0 Å². The number of nitrogens with two attached hydrogens (primary N) is 1. The van der Waals surface area contributed by atoms with E-state index < -0.39 is 0 Å². The zero-order valence-corrected chi connectivity index (χ0v) is 10.6. The number of aryl methyl sites for hydroxylation is 1. The van der Waals surface area contributed by atoms with Gasteiger partial charge in [-0.2, -0.15) is 0 Å². The van der Waals surface area contributed by atoms with Gasteiger partial charge in [-0.15, -0.1) is 0 Å². The number of ether oxygens (including phenoxy) is 1. The SMILES string of the molecule is Cc1nccc(-c2nc3c(c(NN)n2)COCC3)n1. The van der Waals surface area contributed by atoms with E-state index in [9.17, 15) is 0 Å². The first-order valence-corrected chi connectivity index (χ1v) is 6.02. The average Bonchev–Trinajstić information content (AvgIpc) is 2.46. The summed E-state index contributed by atoms with van der Waals surface area (Å²) >= 11 is 0. The third-order valence-corrected chi connectivity index (χ3v) is 2.96. The smallest absolute Gasteiger partial charge is 0.180 e. The normalized spacial score (nSPS) is 14.0. The van der Waals surface area contributed by atoms with Gasteiger partial charge in [-0.1, -0.05) is 0 Å². The summed E-state index contributed by atoms with van der Waals surface area (Å²) in [6, 6.07) is 1.79. The zero-order valence-electron chi connectivity index (χ0n) is 10.6. The molecule has 2 aromatic rings. The Morgan fingerprint density at radius 2 is 2.21 bits per heavy atom. The Morgan fingerprint density at radius 3 is 3.00 bits per heavy atom. The molecule has 2 aromatic heterocycles. The average molecular weight is 258 g/mol. The highest BCUT2D eigenvalue weighted by atomic mass is 16.5. The molecule has 0 aliphatic carbocycles. The number of hydrogen-bond donors (Lipinski definition) is 2. The van der Waals surface area contributed by atoms with Gasteiger partial charge in [0, 0.05) is 18.2 Å². The molecule has 98 valence electrons. The first-order valence-electron chi connectivity index (χ1n) is 6.02. The highest BCUT2D eigenvalue weighted by Crippen LogP contribution is 2.24. The number of fused-ring (bicyclic) bond motifs is 1. The molecule has 0 bridgehead atoms. The van der Waals surface area contributed by atoms with Crippen molar-refractivity contribution in [1.82, 2.24) is 19.9 Å². The van der Waals surface area contributed by atoms with Crippen LogP contribution < -0.4 is 11.3 Å². The first-order chi connectivity index (χ1) is 9.28. The monoisotopic (exact) mass is 258 g/mol. The van der Waals surface area contributed by atoms with E-state index in [1.807, 2.05) is 6.92 Å². The van der Waals surface area contributed by atoms with Crippen LogP contribution in [0.5, 0.6) is 0 Å². The molecule has 3 N–H and O–H groups in total. The number of nitrogens with zero attached hydrogens (tertiary/aromatic N) is 4. The van der Waals surface area contributed by atoms with Crippen molar-refractivity contribution in [1.29, 1.82) is 0 Å². The van der Waals surface area contributed by atoms with Crippen LogP contribution in [-0.2, 0) is 17.8 Å². The molecule has 7 nitrogen and oxygen atoms in total. The molecule has 0 aromatic carbocycles. The van der Waals surface area contributed by atoms with Gasteiger partial charge in [-0.3, -0.25) is 0 Å². The minimum Gasteiger partial charge on any atom is -0.376 e.